The van der Waals surface area contributed by atoms with Crippen LogP contribution in [0.2, 0.25) is 0 Å². The Labute approximate surface area is 99.4 Å². The maximum Gasteiger partial charge on any atom is 0.0628 e. The summed E-state index contributed by atoms with van der Waals surface area (Å²) in [5.74, 6) is 0.676. The molecule has 0 amide bonds. The molecule has 0 aromatic heterocycles. The Balaban J connectivity index is 2.40. The second-order valence-corrected chi connectivity index (χ2v) is 5.46. The van der Waals surface area contributed by atoms with Gasteiger partial charge in [0.05, 0.1) is 12.7 Å². The third-order valence-corrected chi connectivity index (χ3v) is 3.21. The van der Waals surface area contributed by atoms with Crippen LogP contribution >= 0.6 is 0 Å². The molecule has 1 aliphatic carbocycles. The first-order valence-electron chi connectivity index (χ1n) is 6.20. The van der Waals surface area contributed by atoms with Crippen molar-refractivity contribution in [3.8, 4) is 6.07 Å². The number of nitriles is 1. The summed E-state index contributed by atoms with van der Waals surface area (Å²) in [5.41, 5.74) is 0.317. The summed E-state index contributed by atoms with van der Waals surface area (Å²) in [5, 5.41) is 8.82. The van der Waals surface area contributed by atoms with Gasteiger partial charge in [0.15, 0.2) is 0 Å². The van der Waals surface area contributed by atoms with Gasteiger partial charge in [0.1, 0.15) is 0 Å². The van der Waals surface area contributed by atoms with E-state index in [1.54, 1.807) is 7.11 Å². The van der Waals surface area contributed by atoms with Crippen molar-refractivity contribution >= 4 is 0 Å². The quantitative estimate of drug-likeness (QED) is 0.634. The SMILES string of the molecule is COCCN(CC(C)C)CC1(CC#N)CC1. The summed E-state index contributed by atoms with van der Waals surface area (Å²) in [7, 11) is 1.75. The highest BCUT2D eigenvalue weighted by molar-refractivity contribution is 5.01. The third kappa shape index (κ3) is 4.51. The number of rotatable bonds is 8. The molecule has 1 aliphatic rings. The van der Waals surface area contributed by atoms with E-state index in [1.807, 2.05) is 0 Å². The molecule has 0 saturated heterocycles. The average molecular weight is 224 g/mol. The summed E-state index contributed by atoms with van der Waals surface area (Å²) >= 11 is 0. The van der Waals surface area contributed by atoms with Gasteiger partial charge in [0, 0.05) is 33.2 Å². The van der Waals surface area contributed by atoms with E-state index in [1.165, 1.54) is 12.8 Å². The highest BCUT2D eigenvalue weighted by atomic mass is 16.5. The molecule has 0 aliphatic heterocycles. The largest absolute Gasteiger partial charge is 0.383 e. The van der Waals surface area contributed by atoms with Gasteiger partial charge < -0.3 is 9.64 Å². The van der Waals surface area contributed by atoms with Gasteiger partial charge in [-0.15, -0.1) is 0 Å². The minimum absolute atomic E-state index is 0.317. The maximum absolute atomic E-state index is 8.82. The standard InChI is InChI=1S/C13H24N2O/c1-12(2)10-15(8-9-16-3)11-13(4-5-13)6-7-14/h12H,4-6,8-11H2,1-3H3. The topological polar surface area (TPSA) is 36.3 Å². The molecule has 0 aromatic rings. The van der Waals surface area contributed by atoms with Crippen LogP contribution in [0.25, 0.3) is 0 Å². The van der Waals surface area contributed by atoms with E-state index in [-0.39, 0.29) is 0 Å². The Morgan fingerprint density at radius 3 is 2.56 bits per heavy atom. The van der Waals surface area contributed by atoms with Crippen molar-refractivity contribution in [1.29, 1.82) is 5.26 Å². The Hall–Kier alpha value is -0.590. The molecule has 1 saturated carbocycles. The zero-order chi connectivity index (χ0) is 12.0. The minimum Gasteiger partial charge on any atom is -0.383 e. The summed E-state index contributed by atoms with van der Waals surface area (Å²) in [6.45, 7) is 8.43. The first kappa shape index (κ1) is 13.5. The normalized spacial score (nSPS) is 17.8. The molecule has 0 atom stereocenters. The Morgan fingerprint density at radius 2 is 2.12 bits per heavy atom. The van der Waals surface area contributed by atoms with Crippen LogP contribution in [0.3, 0.4) is 0 Å². The van der Waals surface area contributed by atoms with Gasteiger partial charge in [0.2, 0.25) is 0 Å². The zero-order valence-electron chi connectivity index (χ0n) is 10.8. The van der Waals surface area contributed by atoms with Gasteiger partial charge in [0.25, 0.3) is 0 Å². The predicted molar refractivity (Wildman–Crippen MR) is 65.1 cm³/mol. The Bertz CT molecular complexity index is 241. The molecule has 3 nitrogen and oxygen atoms in total. The van der Waals surface area contributed by atoms with Gasteiger partial charge >= 0.3 is 0 Å². The van der Waals surface area contributed by atoms with Crippen molar-refractivity contribution < 1.29 is 4.74 Å². The highest BCUT2D eigenvalue weighted by Crippen LogP contribution is 2.49. The molecule has 3 heteroatoms. The lowest BCUT2D eigenvalue weighted by atomic mass is 10.0. The molecule has 0 aromatic carbocycles. The highest BCUT2D eigenvalue weighted by Gasteiger charge is 2.43. The summed E-state index contributed by atoms with van der Waals surface area (Å²) in [4.78, 5) is 2.46. The van der Waals surface area contributed by atoms with Crippen molar-refractivity contribution in [2.45, 2.75) is 33.1 Å². The van der Waals surface area contributed by atoms with Crippen molar-refractivity contribution in [2.75, 3.05) is 33.4 Å². The minimum atomic E-state index is 0.317. The number of ether oxygens (including phenoxy) is 1. The lowest BCUT2D eigenvalue weighted by Crippen LogP contribution is -2.36. The van der Waals surface area contributed by atoms with E-state index in [0.29, 0.717) is 17.8 Å². The van der Waals surface area contributed by atoms with E-state index >= 15 is 0 Å². The Kier molecular flexibility index (Phi) is 5.24. The summed E-state index contributed by atoms with van der Waals surface area (Å²) < 4.78 is 5.14. The van der Waals surface area contributed by atoms with Crippen LogP contribution in [0.1, 0.15) is 33.1 Å². The van der Waals surface area contributed by atoms with Crippen molar-refractivity contribution in [3.63, 3.8) is 0 Å². The smallest absolute Gasteiger partial charge is 0.0628 e. The number of methoxy groups -OCH3 is 1. The first-order chi connectivity index (χ1) is 7.62. The molecule has 0 bridgehead atoms. The van der Waals surface area contributed by atoms with Crippen LogP contribution in [-0.4, -0.2) is 38.3 Å². The molecule has 0 spiro atoms. The molecule has 0 N–H and O–H groups in total. The molecule has 0 heterocycles. The molecule has 0 unspecified atom stereocenters. The lowest BCUT2D eigenvalue weighted by Gasteiger charge is -2.27. The fourth-order valence-electron chi connectivity index (χ4n) is 2.18. The Morgan fingerprint density at radius 1 is 1.44 bits per heavy atom. The van der Waals surface area contributed by atoms with E-state index in [2.05, 4.69) is 24.8 Å². The first-order valence-corrected chi connectivity index (χ1v) is 6.20. The van der Waals surface area contributed by atoms with Crippen molar-refractivity contribution in [1.82, 2.24) is 4.90 Å². The van der Waals surface area contributed by atoms with Crippen molar-refractivity contribution in [3.05, 3.63) is 0 Å². The van der Waals surface area contributed by atoms with Gasteiger partial charge in [-0.25, -0.2) is 0 Å². The van der Waals surface area contributed by atoms with E-state index in [4.69, 9.17) is 10.00 Å². The van der Waals surface area contributed by atoms with Gasteiger partial charge in [-0.2, -0.15) is 5.26 Å². The van der Waals surface area contributed by atoms with Crippen LogP contribution in [0.15, 0.2) is 0 Å². The number of hydrogen-bond acceptors (Lipinski definition) is 3. The zero-order valence-corrected chi connectivity index (χ0v) is 10.8. The average Bonchev–Trinajstić information content (AvgIpc) is 2.94. The number of nitrogens with zero attached hydrogens (tertiary/aromatic N) is 2. The van der Waals surface area contributed by atoms with Gasteiger partial charge in [-0.05, 0) is 24.2 Å². The van der Waals surface area contributed by atoms with Gasteiger partial charge in [-0.3, -0.25) is 0 Å². The predicted octanol–water partition coefficient (Wildman–Crippen LogP) is 2.28. The second kappa shape index (κ2) is 6.22. The number of hydrogen-bond donors (Lipinski definition) is 0. The van der Waals surface area contributed by atoms with Crippen LogP contribution in [-0.2, 0) is 4.74 Å². The van der Waals surface area contributed by atoms with Crippen LogP contribution in [0.4, 0.5) is 0 Å². The molecular formula is C13H24N2O. The molecule has 0 radical (unpaired) electrons. The van der Waals surface area contributed by atoms with E-state index in [9.17, 15) is 0 Å². The molecule has 16 heavy (non-hydrogen) atoms. The maximum atomic E-state index is 8.82. The van der Waals surface area contributed by atoms with Crippen LogP contribution < -0.4 is 0 Å². The molecule has 1 rings (SSSR count). The molecule has 1 fully saturated rings. The molecule has 92 valence electrons. The van der Waals surface area contributed by atoms with Crippen molar-refractivity contribution in [2.24, 2.45) is 11.3 Å². The summed E-state index contributed by atoms with van der Waals surface area (Å²) in [6, 6.07) is 2.33. The van der Waals surface area contributed by atoms with E-state index < -0.39 is 0 Å². The van der Waals surface area contributed by atoms with Crippen LogP contribution in [0.5, 0.6) is 0 Å². The third-order valence-electron chi connectivity index (χ3n) is 3.21. The molecular weight excluding hydrogens is 200 g/mol. The fourth-order valence-corrected chi connectivity index (χ4v) is 2.18. The monoisotopic (exact) mass is 224 g/mol. The van der Waals surface area contributed by atoms with Gasteiger partial charge in [-0.1, -0.05) is 13.8 Å². The second-order valence-electron chi connectivity index (χ2n) is 5.46. The van der Waals surface area contributed by atoms with E-state index in [0.717, 1.165) is 26.2 Å². The fraction of sp³-hybridized carbons (Fsp3) is 0.923. The lowest BCUT2D eigenvalue weighted by molar-refractivity contribution is 0.124. The summed E-state index contributed by atoms with van der Waals surface area (Å²) in [6.07, 6.45) is 3.17. The van der Waals surface area contributed by atoms with Crippen LogP contribution in [0, 0.1) is 22.7 Å².